The van der Waals surface area contributed by atoms with Gasteiger partial charge in [0.05, 0.1) is 5.75 Å². The van der Waals surface area contributed by atoms with Crippen molar-refractivity contribution in [2.24, 2.45) is 0 Å². The van der Waals surface area contributed by atoms with Crippen LogP contribution in [0.3, 0.4) is 0 Å². The van der Waals surface area contributed by atoms with Crippen LogP contribution in [0.2, 0.25) is 0 Å². The van der Waals surface area contributed by atoms with Gasteiger partial charge < -0.3 is 9.47 Å². The summed E-state index contributed by atoms with van der Waals surface area (Å²) in [4.78, 5) is 17.2. The second-order valence-electron chi connectivity index (χ2n) is 7.65. The zero-order chi connectivity index (χ0) is 19.3. The molecule has 1 amide bonds. The van der Waals surface area contributed by atoms with Crippen LogP contribution < -0.4 is 0 Å². The van der Waals surface area contributed by atoms with Gasteiger partial charge in [-0.2, -0.15) is 0 Å². The van der Waals surface area contributed by atoms with Crippen molar-refractivity contribution < 1.29 is 4.79 Å². The fourth-order valence-electron chi connectivity index (χ4n) is 4.08. The van der Waals surface area contributed by atoms with Gasteiger partial charge >= 0.3 is 0 Å². The topological polar surface area (TPSA) is 54.3 Å². The Hall–Kier alpha value is -1.86. The minimum absolute atomic E-state index is 0.211. The first kappa shape index (κ1) is 19.5. The second-order valence-corrected chi connectivity index (χ2v) is 8.60. The predicted molar refractivity (Wildman–Crippen MR) is 111 cm³/mol. The first-order chi connectivity index (χ1) is 13.7. The highest BCUT2D eigenvalue weighted by molar-refractivity contribution is 7.99. The third-order valence-corrected chi connectivity index (χ3v) is 6.85. The Morgan fingerprint density at radius 1 is 1.04 bits per heavy atom. The minimum Gasteiger partial charge on any atom is -0.339 e. The number of fused-ring (bicyclic) bond motifs is 1. The number of aromatic nitrogens is 3. The van der Waals surface area contributed by atoms with E-state index in [0.29, 0.717) is 11.8 Å². The van der Waals surface area contributed by atoms with E-state index >= 15 is 0 Å². The zero-order valence-electron chi connectivity index (χ0n) is 16.6. The van der Waals surface area contributed by atoms with Gasteiger partial charge in [0.25, 0.3) is 0 Å². The molecule has 1 aromatic carbocycles. The number of carbonyl (C=O) groups excluding carboxylic acids is 1. The molecule has 1 atom stereocenters. The Labute approximate surface area is 171 Å². The van der Waals surface area contributed by atoms with Crippen LogP contribution in [0, 0.1) is 0 Å². The Morgan fingerprint density at radius 3 is 2.61 bits per heavy atom. The van der Waals surface area contributed by atoms with Gasteiger partial charge in [0.15, 0.2) is 5.16 Å². The lowest BCUT2D eigenvalue weighted by molar-refractivity contribution is -0.130. The van der Waals surface area contributed by atoms with E-state index < -0.39 is 0 Å². The molecule has 0 spiro atoms. The van der Waals surface area contributed by atoms with Crippen LogP contribution in [0.1, 0.15) is 43.6 Å². The maximum atomic E-state index is 12.7. The molecule has 0 saturated carbocycles. The van der Waals surface area contributed by atoms with Gasteiger partial charge in [-0.1, -0.05) is 48.5 Å². The van der Waals surface area contributed by atoms with Gasteiger partial charge in [-0.25, -0.2) is 0 Å². The number of hydrogen-bond acceptors (Lipinski definition) is 5. The molecule has 2 aromatic rings. The van der Waals surface area contributed by atoms with Crippen LogP contribution in [0.25, 0.3) is 0 Å². The van der Waals surface area contributed by atoms with Crippen LogP contribution >= 0.6 is 11.8 Å². The molecule has 0 radical (unpaired) electrons. The lowest BCUT2D eigenvalue weighted by atomic mass is 10.1. The van der Waals surface area contributed by atoms with Crippen molar-refractivity contribution in [3.8, 4) is 0 Å². The van der Waals surface area contributed by atoms with Crippen molar-refractivity contribution in [3.63, 3.8) is 0 Å². The Balaban J connectivity index is 1.27. The molecule has 0 N–H and O–H groups in total. The Morgan fingerprint density at radius 2 is 1.82 bits per heavy atom. The SMILES string of the molecule is C[C@H](c1ccccc1)N1CCN(C(=O)CSc2nnc3n2CCCCC3)CC1. The van der Waals surface area contributed by atoms with Crippen LogP contribution in [-0.4, -0.2) is 62.4 Å². The van der Waals surface area contributed by atoms with Crippen LogP contribution in [0.15, 0.2) is 35.5 Å². The van der Waals surface area contributed by atoms with E-state index in [-0.39, 0.29) is 5.91 Å². The lowest BCUT2D eigenvalue weighted by Gasteiger charge is -2.38. The number of hydrogen-bond donors (Lipinski definition) is 0. The summed E-state index contributed by atoms with van der Waals surface area (Å²) in [5.41, 5.74) is 1.34. The molecule has 2 aliphatic rings. The van der Waals surface area contributed by atoms with E-state index in [1.165, 1.54) is 24.8 Å². The molecule has 28 heavy (non-hydrogen) atoms. The predicted octanol–water partition coefficient (Wildman–Crippen LogP) is 3.00. The minimum atomic E-state index is 0.211. The second kappa shape index (κ2) is 9.09. The Kier molecular flexibility index (Phi) is 6.32. The number of amides is 1. The maximum Gasteiger partial charge on any atom is 0.233 e. The standard InChI is InChI=1S/C21H29N5OS/c1-17(18-8-4-2-5-9-18)24-12-14-25(15-13-24)20(27)16-28-21-23-22-19-10-6-3-7-11-26(19)21/h2,4-5,8-9,17H,3,6-7,10-16H2,1H3/t17-/m1/s1. The molecule has 0 unspecified atom stereocenters. The number of rotatable bonds is 5. The molecular formula is C21H29N5OS. The monoisotopic (exact) mass is 399 g/mol. The van der Waals surface area contributed by atoms with Gasteiger partial charge in [-0.05, 0) is 25.3 Å². The molecule has 1 fully saturated rings. The smallest absolute Gasteiger partial charge is 0.233 e. The summed E-state index contributed by atoms with van der Waals surface area (Å²) in [5, 5.41) is 9.55. The third-order valence-electron chi connectivity index (χ3n) is 5.90. The van der Waals surface area contributed by atoms with Crippen LogP contribution in [-0.2, 0) is 17.8 Å². The fraction of sp³-hybridized carbons (Fsp3) is 0.571. The summed E-state index contributed by atoms with van der Waals surface area (Å²) in [6.45, 7) is 6.68. The molecule has 150 valence electrons. The average Bonchev–Trinajstić information content (AvgIpc) is 2.98. The molecule has 2 aliphatic heterocycles. The number of piperazine rings is 1. The molecule has 1 aromatic heterocycles. The van der Waals surface area contributed by atoms with E-state index in [9.17, 15) is 4.79 Å². The van der Waals surface area contributed by atoms with Gasteiger partial charge in [0, 0.05) is 45.2 Å². The zero-order valence-corrected chi connectivity index (χ0v) is 17.4. The van der Waals surface area contributed by atoms with Crippen LogP contribution in [0.5, 0.6) is 0 Å². The summed E-state index contributed by atoms with van der Waals surface area (Å²) in [6, 6.07) is 11.0. The fourth-order valence-corrected chi connectivity index (χ4v) is 4.97. The third kappa shape index (κ3) is 4.41. The highest BCUT2D eigenvalue weighted by atomic mass is 32.2. The van der Waals surface area contributed by atoms with E-state index in [1.54, 1.807) is 11.8 Å². The maximum absolute atomic E-state index is 12.7. The van der Waals surface area contributed by atoms with Gasteiger partial charge in [0.1, 0.15) is 5.82 Å². The summed E-state index contributed by atoms with van der Waals surface area (Å²) in [6.07, 6.45) is 4.61. The van der Waals surface area contributed by atoms with Crippen molar-refractivity contribution in [1.29, 1.82) is 0 Å². The van der Waals surface area contributed by atoms with E-state index in [1.807, 2.05) is 4.90 Å². The van der Waals surface area contributed by atoms with Crippen molar-refractivity contribution in [2.75, 3.05) is 31.9 Å². The molecule has 3 heterocycles. The van der Waals surface area contributed by atoms with Crippen molar-refractivity contribution in [3.05, 3.63) is 41.7 Å². The molecule has 7 heteroatoms. The highest BCUT2D eigenvalue weighted by Gasteiger charge is 2.25. The molecule has 0 aliphatic carbocycles. The van der Waals surface area contributed by atoms with Gasteiger partial charge in [-0.3, -0.25) is 9.69 Å². The molecule has 4 rings (SSSR count). The van der Waals surface area contributed by atoms with Crippen molar-refractivity contribution in [1.82, 2.24) is 24.6 Å². The first-order valence-electron chi connectivity index (χ1n) is 10.3. The number of nitrogens with zero attached hydrogens (tertiary/aromatic N) is 5. The van der Waals surface area contributed by atoms with Crippen molar-refractivity contribution >= 4 is 17.7 Å². The number of aryl methyl sites for hydroxylation is 1. The van der Waals surface area contributed by atoms with Gasteiger partial charge in [0.2, 0.25) is 5.91 Å². The van der Waals surface area contributed by atoms with E-state index in [2.05, 4.69) is 56.9 Å². The molecule has 1 saturated heterocycles. The largest absolute Gasteiger partial charge is 0.339 e. The summed E-state index contributed by atoms with van der Waals surface area (Å²) in [5.74, 6) is 1.74. The molecule has 6 nitrogen and oxygen atoms in total. The summed E-state index contributed by atoms with van der Waals surface area (Å²) < 4.78 is 2.21. The quantitative estimate of drug-likeness (QED) is 0.724. The first-order valence-corrected chi connectivity index (χ1v) is 11.3. The van der Waals surface area contributed by atoms with Crippen molar-refractivity contribution in [2.45, 2.75) is 50.4 Å². The normalized spacial score (nSPS) is 19.1. The summed E-state index contributed by atoms with van der Waals surface area (Å²) >= 11 is 1.54. The molecular weight excluding hydrogens is 370 g/mol. The molecule has 0 bridgehead atoms. The van der Waals surface area contributed by atoms with Crippen LogP contribution in [0.4, 0.5) is 0 Å². The Bertz CT molecular complexity index is 785. The summed E-state index contributed by atoms with van der Waals surface area (Å²) in [7, 11) is 0. The lowest BCUT2D eigenvalue weighted by Crippen LogP contribution is -2.49. The number of thioether (sulfide) groups is 1. The van der Waals surface area contributed by atoms with E-state index in [4.69, 9.17) is 0 Å². The number of benzene rings is 1. The highest BCUT2D eigenvalue weighted by Crippen LogP contribution is 2.24. The van der Waals surface area contributed by atoms with E-state index in [0.717, 1.165) is 50.1 Å². The average molecular weight is 400 g/mol. The van der Waals surface area contributed by atoms with Gasteiger partial charge in [-0.15, -0.1) is 10.2 Å². The number of carbonyl (C=O) groups is 1.